The highest BCUT2D eigenvalue weighted by Gasteiger charge is 2.22. The summed E-state index contributed by atoms with van der Waals surface area (Å²) in [6.07, 6.45) is 3.21. The van der Waals surface area contributed by atoms with Crippen LogP contribution < -0.4 is 5.32 Å². The van der Waals surface area contributed by atoms with Gasteiger partial charge in [0.1, 0.15) is 5.75 Å². The van der Waals surface area contributed by atoms with Gasteiger partial charge in [0.25, 0.3) is 0 Å². The second kappa shape index (κ2) is 6.71. The van der Waals surface area contributed by atoms with Gasteiger partial charge >= 0.3 is 0 Å². The Labute approximate surface area is 129 Å². The van der Waals surface area contributed by atoms with Gasteiger partial charge in [-0.05, 0) is 55.6 Å². The third-order valence-corrected chi connectivity index (χ3v) is 5.64. The number of nitrogens with one attached hydrogen (secondary N) is 1. The van der Waals surface area contributed by atoms with E-state index in [0.29, 0.717) is 17.5 Å². The van der Waals surface area contributed by atoms with E-state index in [9.17, 15) is 9.90 Å². The number of thioether (sulfide) groups is 1. The Morgan fingerprint density at radius 3 is 2.95 bits per heavy atom. The molecule has 1 amide bonds. The van der Waals surface area contributed by atoms with E-state index in [1.54, 1.807) is 23.9 Å². The van der Waals surface area contributed by atoms with Gasteiger partial charge in [0.2, 0.25) is 5.91 Å². The van der Waals surface area contributed by atoms with Crippen molar-refractivity contribution in [2.45, 2.75) is 31.1 Å². The molecule has 0 bridgehead atoms. The molecule has 5 heteroatoms. The van der Waals surface area contributed by atoms with Gasteiger partial charge < -0.3 is 15.3 Å². The van der Waals surface area contributed by atoms with Crippen LogP contribution in [-0.4, -0.2) is 46.6 Å². The number of carbonyl (C=O) groups excluding carboxylic acids is 1. The van der Waals surface area contributed by atoms with Crippen LogP contribution in [0.2, 0.25) is 0 Å². The molecule has 1 aromatic carbocycles. The molecular formula is C16H22N2O2S. The molecule has 0 radical (unpaired) electrons. The molecule has 0 saturated carbocycles. The van der Waals surface area contributed by atoms with Gasteiger partial charge in [0, 0.05) is 18.3 Å². The second-order valence-corrected chi connectivity index (χ2v) is 7.07. The summed E-state index contributed by atoms with van der Waals surface area (Å²) in [4.78, 5) is 14.3. The second-order valence-electron chi connectivity index (χ2n) is 5.78. The summed E-state index contributed by atoms with van der Waals surface area (Å²) in [7, 11) is 0. The lowest BCUT2D eigenvalue weighted by molar-refractivity contribution is -0.129. The predicted molar refractivity (Wildman–Crippen MR) is 85.6 cm³/mol. The van der Waals surface area contributed by atoms with Crippen molar-refractivity contribution in [1.82, 2.24) is 10.2 Å². The maximum absolute atomic E-state index is 12.4. The zero-order chi connectivity index (χ0) is 14.7. The van der Waals surface area contributed by atoms with Gasteiger partial charge in [-0.1, -0.05) is 6.07 Å². The fourth-order valence-corrected chi connectivity index (χ4v) is 4.13. The van der Waals surface area contributed by atoms with E-state index in [2.05, 4.69) is 5.32 Å². The maximum Gasteiger partial charge on any atom is 0.232 e. The third kappa shape index (κ3) is 3.71. The Bertz CT molecular complexity index is 515. The average Bonchev–Trinajstić information content (AvgIpc) is 2.53. The number of fused-ring (bicyclic) bond motifs is 1. The smallest absolute Gasteiger partial charge is 0.232 e. The van der Waals surface area contributed by atoms with Gasteiger partial charge in [0.05, 0.1) is 5.75 Å². The first-order chi connectivity index (χ1) is 10.2. The Balaban J connectivity index is 1.54. The van der Waals surface area contributed by atoms with Crippen LogP contribution >= 0.6 is 11.8 Å². The van der Waals surface area contributed by atoms with Gasteiger partial charge in [-0.2, -0.15) is 0 Å². The summed E-state index contributed by atoms with van der Waals surface area (Å²) in [6, 6.07) is 5.48. The van der Waals surface area contributed by atoms with Crippen molar-refractivity contribution in [1.29, 1.82) is 0 Å². The zero-order valence-corrected chi connectivity index (χ0v) is 13.0. The molecule has 114 valence electrons. The Morgan fingerprint density at radius 1 is 1.33 bits per heavy atom. The predicted octanol–water partition coefficient (Wildman–Crippen LogP) is 1.76. The van der Waals surface area contributed by atoms with Crippen LogP contribution in [0.15, 0.2) is 18.2 Å². The summed E-state index contributed by atoms with van der Waals surface area (Å²) in [5, 5.41) is 13.5. The molecule has 4 nitrogen and oxygen atoms in total. The van der Waals surface area contributed by atoms with Crippen LogP contribution in [0.25, 0.3) is 0 Å². The molecule has 21 heavy (non-hydrogen) atoms. The van der Waals surface area contributed by atoms with Crippen LogP contribution in [0.4, 0.5) is 0 Å². The number of carbonyl (C=O) groups is 1. The van der Waals surface area contributed by atoms with Crippen molar-refractivity contribution in [3.8, 4) is 5.75 Å². The van der Waals surface area contributed by atoms with E-state index in [1.165, 1.54) is 5.56 Å². The molecule has 2 aliphatic rings. The van der Waals surface area contributed by atoms with Gasteiger partial charge in [-0.15, -0.1) is 11.8 Å². The van der Waals surface area contributed by atoms with Crippen molar-refractivity contribution in [2.24, 2.45) is 0 Å². The van der Waals surface area contributed by atoms with Crippen molar-refractivity contribution in [2.75, 3.05) is 25.4 Å². The molecule has 1 aromatic rings. The first-order valence-corrected chi connectivity index (χ1v) is 8.68. The Kier molecular flexibility index (Phi) is 4.70. The average molecular weight is 306 g/mol. The van der Waals surface area contributed by atoms with E-state index in [1.807, 2.05) is 11.0 Å². The zero-order valence-electron chi connectivity index (χ0n) is 12.2. The molecule has 1 saturated heterocycles. The van der Waals surface area contributed by atoms with Gasteiger partial charge in [-0.3, -0.25) is 4.79 Å². The van der Waals surface area contributed by atoms with Crippen molar-refractivity contribution < 1.29 is 9.90 Å². The molecule has 0 unspecified atom stereocenters. The number of piperidine rings is 1. The van der Waals surface area contributed by atoms with E-state index < -0.39 is 0 Å². The Hall–Kier alpha value is -1.20. The number of nitrogens with zero attached hydrogens (tertiary/aromatic N) is 1. The topological polar surface area (TPSA) is 52.6 Å². The van der Waals surface area contributed by atoms with Crippen LogP contribution in [0.5, 0.6) is 5.75 Å². The van der Waals surface area contributed by atoms with Crippen LogP contribution in [0.1, 0.15) is 24.0 Å². The van der Waals surface area contributed by atoms with E-state index in [0.717, 1.165) is 44.5 Å². The van der Waals surface area contributed by atoms with Crippen LogP contribution in [0.3, 0.4) is 0 Å². The third-order valence-electron chi connectivity index (χ3n) is 4.28. The SMILES string of the molecule is O=C(CSC1CCNCC1)N1CCc2ccc(O)cc2C1. The Morgan fingerprint density at radius 2 is 2.14 bits per heavy atom. The molecule has 0 spiro atoms. The number of phenolic OH excluding ortho intramolecular Hbond substituents is 1. The van der Waals surface area contributed by atoms with Gasteiger partial charge in [-0.25, -0.2) is 0 Å². The summed E-state index contributed by atoms with van der Waals surface area (Å²) in [5.41, 5.74) is 2.34. The van der Waals surface area contributed by atoms with Crippen molar-refractivity contribution in [3.63, 3.8) is 0 Å². The van der Waals surface area contributed by atoms with Crippen LogP contribution in [-0.2, 0) is 17.8 Å². The quantitative estimate of drug-likeness (QED) is 0.893. The number of hydrogen-bond donors (Lipinski definition) is 2. The van der Waals surface area contributed by atoms with Crippen molar-refractivity contribution >= 4 is 17.7 Å². The highest BCUT2D eigenvalue weighted by Crippen LogP contribution is 2.25. The van der Waals surface area contributed by atoms with Gasteiger partial charge in [0.15, 0.2) is 0 Å². The minimum atomic E-state index is 0.229. The minimum Gasteiger partial charge on any atom is -0.508 e. The number of phenols is 1. The molecular weight excluding hydrogens is 284 g/mol. The van der Waals surface area contributed by atoms with E-state index in [-0.39, 0.29) is 11.7 Å². The monoisotopic (exact) mass is 306 g/mol. The van der Waals surface area contributed by atoms with E-state index in [4.69, 9.17) is 0 Å². The first-order valence-electron chi connectivity index (χ1n) is 7.63. The molecule has 0 atom stereocenters. The maximum atomic E-state index is 12.4. The number of rotatable bonds is 3. The highest BCUT2D eigenvalue weighted by atomic mass is 32.2. The highest BCUT2D eigenvalue weighted by molar-refractivity contribution is 8.00. The number of amides is 1. The standard InChI is InChI=1S/C16H22N2O2S/c19-14-2-1-12-5-8-18(10-13(12)9-14)16(20)11-21-15-3-6-17-7-4-15/h1-2,9,15,17,19H,3-8,10-11H2. The molecule has 2 heterocycles. The fourth-order valence-electron chi connectivity index (χ4n) is 3.00. The molecule has 0 aromatic heterocycles. The fraction of sp³-hybridized carbons (Fsp3) is 0.562. The number of hydrogen-bond acceptors (Lipinski definition) is 4. The molecule has 2 N–H and O–H groups in total. The first kappa shape index (κ1) is 14.7. The number of benzene rings is 1. The molecule has 1 fully saturated rings. The lowest BCUT2D eigenvalue weighted by atomic mass is 9.99. The minimum absolute atomic E-state index is 0.229. The van der Waals surface area contributed by atoms with E-state index >= 15 is 0 Å². The molecule has 2 aliphatic heterocycles. The molecule has 3 rings (SSSR count). The summed E-state index contributed by atoms with van der Waals surface area (Å²) >= 11 is 1.80. The largest absolute Gasteiger partial charge is 0.508 e. The lowest BCUT2D eigenvalue weighted by Crippen LogP contribution is -2.38. The summed E-state index contributed by atoms with van der Waals surface area (Å²) < 4.78 is 0. The lowest BCUT2D eigenvalue weighted by Gasteiger charge is -2.30. The molecule has 0 aliphatic carbocycles. The van der Waals surface area contributed by atoms with Crippen LogP contribution in [0, 0.1) is 0 Å². The number of aromatic hydroxyl groups is 1. The summed E-state index contributed by atoms with van der Waals surface area (Å²) in [5.74, 6) is 1.10. The van der Waals surface area contributed by atoms with Crippen molar-refractivity contribution in [3.05, 3.63) is 29.3 Å². The summed E-state index contributed by atoms with van der Waals surface area (Å²) in [6.45, 7) is 3.57. The normalized spacial score (nSPS) is 19.3.